The fraction of sp³-hybridized carbons (Fsp3) is 0.500. The molecule has 2 aromatic carbocycles. The summed E-state index contributed by atoms with van der Waals surface area (Å²) < 4.78 is 8.11. The van der Waals surface area contributed by atoms with Gasteiger partial charge in [0.2, 0.25) is 5.95 Å². The first kappa shape index (κ1) is 34.0. The number of piperidine rings is 1. The van der Waals surface area contributed by atoms with Crippen LogP contribution in [0.2, 0.25) is 0 Å². The number of methoxy groups -OCH3 is 1. The Hall–Kier alpha value is -3.87. The molecule has 0 bridgehead atoms. The van der Waals surface area contributed by atoms with Crippen LogP contribution in [-0.2, 0) is 6.42 Å². The van der Waals surface area contributed by atoms with Crippen molar-refractivity contribution in [3.63, 3.8) is 0 Å². The number of likely N-dealkylation sites (N-methyl/N-ethyl adjacent to an activating group) is 1. The molecule has 48 heavy (non-hydrogen) atoms. The van der Waals surface area contributed by atoms with Crippen molar-refractivity contribution in [2.75, 3.05) is 80.3 Å². The highest BCUT2D eigenvalue weighted by atomic mass is 32.2. The van der Waals surface area contributed by atoms with Gasteiger partial charge >= 0.3 is 0 Å². The Morgan fingerprint density at radius 2 is 1.73 bits per heavy atom. The van der Waals surface area contributed by atoms with E-state index in [1.807, 2.05) is 25.3 Å². The predicted molar refractivity (Wildman–Crippen MR) is 201 cm³/mol. The van der Waals surface area contributed by atoms with E-state index >= 15 is 0 Å². The summed E-state index contributed by atoms with van der Waals surface area (Å²) in [5, 5.41) is 7.46. The molecule has 0 saturated carbocycles. The molecule has 2 aromatic heterocycles. The van der Waals surface area contributed by atoms with Crippen molar-refractivity contribution in [2.24, 2.45) is 0 Å². The second kappa shape index (κ2) is 15.1. The van der Waals surface area contributed by atoms with Crippen LogP contribution in [0.4, 0.5) is 34.5 Å². The lowest BCUT2D eigenvalue weighted by Crippen LogP contribution is -2.52. The Morgan fingerprint density at radius 1 is 0.979 bits per heavy atom. The Balaban J connectivity index is 1.22. The number of fused-ring (bicyclic) bond motifs is 1. The Morgan fingerprint density at radius 3 is 2.44 bits per heavy atom. The fourth-order valence-corrected chi connectivity index (χ4v) is 7.73. The highest BCUT2D eigenvalue weighted by Crippen LogP contribution is 2.39. The fourth-order valence-electron chi connectivity index (χ4n) is 6.80. The maximum Gasteiger partial charge on any atom is 0.229 e. The largest absolute Gasteiger partial charge is 0.494 e. The van der Waals surface area contributed by atoms with E-state index < -0.39 is 0 Å². The number of rotatable bonds is 11. The van der Waals surface area contributed by atoms with E-state index in [1.54, 1.807) is 31.5 Å². The molecule has 256 valence electrons. The summed E-state index contributed by atoms with van der Waals surface area (Å²) in [6, 6.07) is 9.11. The molecule has 0 radical (unpaired) electrons. The van der Waals surface area contributed by atoms with Gasteiger partial charge in [0.15, 0.2) is 0 Å². The van der Waals surface area contributed by atoms with Crippen LogP contribution in [0.3, 0.4) is 0 Å². The smallest absolute Gasteiger partial charge is 0.229 e. The summed E-state index contributed by atoms with van der Waals surface area (Å²) in [6.45, 7) is 15.4. The third kappa shape index (κ3) is 7.55. The van der Waals surface area contributed by atoms with Crippen LogP contribution in [0.1, 0.15) is 44.7 Å². The monoisotopic (exact) mass is 670 g/mol. The maximum atomic E-state index is 5.95. The number of anilines is 6. The molecule has 0 amide bonds. The quantitative estimate of drug-likeness (QED) is 0.171. The van der Waals surface area contributed by atoms with Gasteiger partial charge in [-0.15, -0.1) is 0 Å². The first-order chi connectivity index (χ1) is 23.2. The van der Waals surface area contributed by atoms with E-state index in [4.69, 9.17) is 9.72 Å². The molecule has 0 spiro atoms. The van der Waals surface area contributed by atoms with Crippen LogP contribution in [0, 0.1) is 6.92 Å². The van der Waals surface area contributed by atoms with Gasteiger partial charge in [0.1, 0.15) is 17.1 Å². The Labute approximate surface area is 289 Å². The van der Waals surface area contributed by atoms with Gasteiger partial charge in [0.05, 0.1) is 29.7 Å². The molecule has 2 fully saturated rings. The third-order valence-electron chi connectivity index (χ3n) is 9.41. The number of hydrogen-bond acceptors (Lipinski definition) is 12. The second-order valence-electron chi connectivity index (χ2n) is 13.1. The highest BCUT2D eigenvalue weighted by molar-refractivity contribution is 8.01. The molecule has 4 aromatic rings. The first-order valence-corrected chi connectivity index (χ1v) is 18.0. The average molecular weight is 671 g/mol. The Kier molecular flexibility index (Phi) is 10.7. The summed E-state index contributed by atoms with van der Waals surface area (Å²) in [6.07, 6.45) is 8.62. The highest BCUT2D eigenvalue weighted by Gasteiger charge is 2.28. The molecular formula is C36H50N10OS. The number of aryl methyl sites for hydroxylation is 2. The number of aromatic nitrogens is 4. The lowest BCUT2D eigenvalue weighted by atomic mass is 9.99. The van der Waals surface area contributed by atoms with Crippen molar-refractivity contribution in [3.8, 4) is 5.75 Å². The number of benzene rings is 2. The molecule has 2 aliphatic heterocycles. The minimum atomic E-state index is 0.398. The minimum Gasteiger partial charge on any atom is -0.494 e. The SMILES string of the molecule is CCc1cc(Nc2ncc(C)c(Nc3ccc4nccnc4c3N(C)SC(C)C)n2)c(OC)cc1N1CCC(N2CCN(C)CC2)CC1. The molecule has 0 unspecified atom stereocenters. The number of ether oxygens (including phenoxy) is 1. The van der Waals surface area contributed by atoms with E-state index in [9.17, 15) is 0 Å². The zero-order valence-corrected chi connectivity index (χ0v) is 30.3. The molecule has 12 heteroatoms. The lowest BCUT2D eigenvalue weighted by Gasteiger charge is -2.43. The minimum absolute atomic E-state index is 0.398. The van der Waals surface area contributed by atoms with Crippen molar-refractivity contribution < 1.29 is 4.74 Å². The van der Waals surface area contributed by atoms with Gasteiger partial charge in [-0.1, -0.05) is 20.8 Å². The van der Waals surface area contributed by atoms with Crippen molar-refractivity contribution in [1.82, 2.24) is 29.7 Å². The maximum absolute atomic E-state index is 5.95. The van der Waals surface area contributed by atoms with Crippen molar-refractivity contribution in [3.05, 3.63) is 54.0 Å². The molecule has 6 rings (SSSR count). The summed E-state index contributed by atoms with van der Waals surface area (Å²) in [4.78, 5) is 26.5. The zero-order chi connectivity index (χ0) is 33.8. The Bertz CT molecular complexity index is 1700. The van der Waals surface area contributed by atoms with Crippen molar-refractivity contribution in [1.29, 1.82) is 0 Å². The normalized spacial score (nSPS) is 16.5. The van der Waals surface area contributed by atoms with Gasteiger partial charge in [-0.25, -0.2) is 4.98 Å². The first-order valence-electron chi connectivity index (χ1n) is 17.1. The van der Waals surface area contributed by atoms with Crippen LogP contribution in [0.25, 0.3) is 11.0 Å². The molecule has 4 heterocycles. The van der Waals surface area contributed by atoms with Gasteiger partial charge in [-0.2, -0.15) is 4.98 Å². The molecule has 11 nitrogen and oxygen atoms in total. The molecule has 0 atom stereocenters. The zero-order valence-electron chi connectivity index (χ0n) is 29.5. The summed E-state index contributed by atoms with van der Waals surface area (Å²) in [7, 11) is 6.02. The molecule has 0 aliphatic carbocycles. The number of piperazine rings is 1. The molecule has 2 N–H and O–H groups in total. The third-order valence-corrected chi connectivity index (χ3v) is 10.3. The van der Waals surface area contributed by atoms with Crippen LogP contribution in [0.5, 0.6) is 5.75 Å². The van der Waals surface area contributed by atoms with Gasteiger partial charge < -0.3 is 29.5 Å². The van der Waals surface area contributed by atoms with Crippen LogP contribution < -0.4 is 24.6 Å². The van der Waals surface area contributed by atoms with Crippen LogP contribution >= 0.6 is 11.9 Å². The van der Waals surface area contributed by atoms with E-state index in [-0.39, 0.29) is 0 Å². The summed E-state index contributed by atoms with van der Waals surface area (Å²) >= 11 is 1.74. The van der Waals surface area contributed by atoms with Crippen LogP contribution in [-0.4, -0.2) is 102 Å². The topological polar surface area (TPSA) is 97.8 Å². The second-order valence-corrected chi connectivity index (χ2v) is 14.8. The van der Waals surface area contributed by atoms with E-state index in [1.165, 1.54) is 50.3 Å². The van der Waals surface area contributed by atoms with E-state index in [2.05, 4.69) is 91.6 Å². The van der Waals surface area contributed by atoms with E-state index in [0.717, 1.165) is 64.7 Å². The number of hydrogen-bond donors (Lipinski definition) is 2. The summed E-state index contributed by atoms with van der Waals surface area (Å²) in [5.41, 5.74) is 7.88. The van der Waals surface area contributed by atoms with Gasteiger partial charge in [-0.3, -0.25) is 14.9 Å². The molecule has 2 saturated heterocycles. The van der Waals surface area contributed by atoms with E-state index in [0.29, 0.717) is 17.2 Å². The lowest BCUT2D eigenvalue weighted by molar-refractivity contribution is 0.0982. The van der Waals surface area contributed by atoms with Gasteiger partial charge in [-0.05, 0) is 68.9 Å². The number of nitrogens with one attached hydrogen (secondary N) is 2. The number of nitrogens with zero attached hydrogens (tertiary/aromatic N) is 8. The average Bonchev–Trinajstić information content (AvgIpc) is 3.09. The van der Waals surface area contributed by atoms with Gasteiger partial charge in [0.25, 0.3) is 0 Å². The van der Waals surface area contributed by atoms with Crippen LogP contribution in [0.15, 0.2) is 42.9 Å². The summed E-state index contributed by atoms with van der Waals surface area (Å²) in [5.74, 6) is 2.00. The molecular weight excluding hydrogens is 621 g/mol. The van der Waals surface area contributed by atoms with Gasteiger partial charge in [0, 0.05) is 93.5 Å². The molecule has 2 aliphatic rings. The standard InChI is InChI=1S/C36H50N10OS/c1-8-26-21-30(32(47-7)22-31(26)46-15-11-27(12-16-46)45-19-17-43(5)18-20-45)41-36-39-23-25(4)35(42-36)40-29-10-9-28-33(38-14-13-37-28)34(29)44(6)48-24(2)3/h9-10,13-14,21-24,27H,8,11-12,15-20H2,1-7H3,(H2,39,40,41,42). The van der Waals surface area contributed by atoms with Crippen molar-refractivity contribution in [2.45, 2.75) is 58.2 Å². The predicted octanol–water partition coefficient (Wildman–Crippen LogP) is 6.50. The van der Waals surface area contributed by atoms with Crippen molar-refractivity contribution >= 4 is 57.5 Å².